The third-order valence-electron chi connectivity index (χ3n) is 2.42. The summed E-state index contributed by atoms with van der Waals surface area (Å²) in [5.41, 5.74) is 6.91. The van der Waals surface area contributed by atoms with Gasteiger partial charge in [-0.2, -0.15) is 0 Å². The highest BCUT2D eigenvalue weighted by atomic mass is 16.5. The number of rotatable bonds is 2. The van der Waals surface area contributed by atoms with Crippen molar-refractivity contribution < 1.29 is 4.74 Å². The van der Waals surface area contributed by atoms with Gasteiger partial charge in [0, 0.05) is 6.04 Å². The van der Waals surface area contributed by atoms with Crippen molar-refractivity contribution in [1.29, 1.82) is 0 Å². The van der Waals surface area contributed by atoms with Crippen LogP contribution in [-0.2, 0) is 0 Å². The molecule has 1 aromatic carbocycles. The fourth-order valence-corrected chi connectivity index (χ4v) is 1.58. The first-order chi connectivity index (χ1) is 6.24. The van der Waals surface area contributed by atoms with Crippen molar-refractivity contribution in [3.8, 4) is 5.75 Å². The predicted molar refractivity (Wildman–Crippen MR) is 52.8 cm³/mol. The summed E-state index contributed by atoms with van der Waals surface area (Å²) < 4.78 is 5.72. The van der Waals surface area contributed by atoms with Gasteiger partial charge in [-0.05, 0) is 37.5 Å². The summed E-state index contributed by atoms with van der Waals surface area (Å²) in [6.07, 6.45) is 2.33. The molecule has 2 rings (SSSR count). The van der Waals surface area contributed by atoms with Crippen molar-refractivity contribution in [2.75, 3.05) is 0 Å². The Kier molecular flexibility index (Phi) is 2.23. The molecule has 1 fully saturated rings. The molecular weight excluding hydrogens is 162 g/mol. The van der Waals surface area contributed by atoms with E-state index in [-0.39, 0.29) is 0 Å². The van der Waals surface area contributed by atoms with Crippen molar-refractivity contribution in [2.45, 2.75) is 31.9 Å². The summed E-state index contributed by atoms with van der Waals surface area (Å²) >= 11 is 0. The molecule has 2 heteroatoms. The predicted octanol–water partition coefficient (Wildman–Crippen LogP) is 1.86. The summed E-state index contributed by atoms with van der Waals surface area (Å²) in [5.74, 6) is 0.969. The SMILES string of the molecule is Cc1cccc(O[C@H]2C[C@H](N)C2)c1. The van der Waals surface area contributed by atoms with E-state index in [4.69, 9.17) is 10.5 Å². The second kappa shape index (κ2) is 3.38. The number of ether oxygens (including phenoxy) is 1. The minimum absolute atomic E-state index is 0.344. The van der Waals surface area contributed by atoms with Crippen LogP contribution in [0.15, 0.2) is 24.3 Å². The lowest BCUT2D eigenvalue weighted by molar-refractivity contribution is 0.101. The lowest BCUT2D eigenvalue weighted by Gasteiger charge is -2.32. The molecule has 0 bridgehead atoms. The largest absolute Gasteiger partial charge is 0.490 e. The normalized spacial score (nSPS) is 26.6. The molecule has 0 aromatic heterocycles. The number of benzene rings is 1. The van der Waals surface area contributed by atoms with Crippen molar-refractivity contribution in [3.05, 3.63) is 29.8 Å². The van der Waals surface area contributed by atoms with Gasteiger partial charge in [-0.1, -0.05) is 12.1 Å². The summed E-state index contributed by atoms with van der Waals surface area (Å²) in [5, 5.41) is 0. The molecule has 1 saturated carbocycles. The summed E-state index contributed by atoms with van der Waals surface area (Å²) in [7, 11) is 0. The van der Waals surface area contributed by atoms with E-state index < -0.39 is 0 Å². The number of hydrogen-bond acceptors (Lipinski definition) is 2. The maximum atomic E-state index is 5.72. The van der Waals surface area contributed by atoms with E-state index in [0.717, 1.165) is 18.6 Å². The zero-order chi connectivity index (χ0) is 9.26. The van der Waals surface area contributed by atoms with Gasteiger partial charge < -0.3 is 10.5 Å². The first kappa shape index (κ1) is 8.57. The lowest BCUT2D eigenvalue weighted by atomic mass is 9.90. The van der Waals surface area contributed by atoms with Gasteiger partial charge in [0.25, 0.3) is 0 Å². The lowest BCUT2D eigenvalue weighted by Crippen LogP contribution is -2.43. The van der Waals surface area contributed by atoms with Crippen LogP contribution >= 0.6 is 0 Å². The molecule has 0 amide bonds. The van der Waals surface area contributed by atoms with E-state index in [1.54, 1.807) is 0 Å². The zero-order valence-corrected chi connectivity index (χ0v) is 7.86. The minimum Gasteiger partial charge on any atom is -0.490 e. The molecule has 2 nitrogen and oxygen atoms in total. The molecule has 0 heterocycles. The molecule has 0 saturated heterocycles. The zero-order valence-electron chi connectivity index (χ0n) is 7.86. The average Bonchev–Trinajstić information content (AvgIpc) is 2.01. The molecule has 0 atom stereocenters. The maximum Gasteiger partial charge on any atom is 0.119 e. The van der Waals surface area contributed by atoms with E-state index in [2.05, 4.69) is 19.1 Å². The van der Waals surface area contributed by atoms with Gasteiger partial charge >= 0.3 is 0 Å². The Morgan fingerprint density at radius 2 is 2.15 bits per heavy atom. The second-order valence-electron chi connectivity index (χ2n) is 3.79. The van der Waals surface area contributed by atoms with E-state index >= 15 is 0 Å². The van der Waals surface area contributed by atoms with Gasteiger partial charge in [0.2, 0.25) is 0 Å². The van der Waals surface area contributed by atoms with Crippen LogP contribution in [0.3, 0.4) is 0 Å². The molecule has 2 N–H and O–H groups in total. The minimum atomic E-state index is 0.344. The maximum absolute atomic E-state index is 5.72. The Balaban J connectivity index is 1.94. The van der Waals surface area contributed by atoms with Crippen LogP contribution in [0.5, 0.6) is 5.75 Å². The summed E-state index contributed by atoms with van der Waals surface area (Å²) in [6.45, 7) is 2.07. The molecule has 0 unspecified atom stereocenters. The van der Waals surface area contributed by atoms with E-state index in [1.165, 1.54) is 5.56 Å². The Bertz CT molecular complexity index is 292. The fraction of sp³-hybridized carbons (Fsp3) is 0.455. The highest BCUT2D eigenvalue weighted by molar-refractivity contribution is 5.27. The molecular formula is C11H15NO. The molecule has 0 aliphatic heterocycles. The van der Waals surface area contributed by atoms with Gasteiger partial charge in [-0.15, -0.1) is 0 Å². The van der Waals surface area contributed by atoms with Gasteiger partial charge in [0.1, 0.15) is 11.9 Å². The standard InChI is InChI=1S/C11H15NO/c1-8-3-2-4-10(5-8)13-11-6-9(12)7-11/h2-5,9,11H,6-7,12H2,1H3/t9-,11-. The van der Waals surface area contributed by atoms with Crippen molar-refractivity contribution in [1.82, 2.24) is 0 Å². The molecule has 13 heavy (non-hydrogen) atoms. The van der Waals surface area contributed by atoms with Crippen LogP contribution in [0.2, 0.25) is 0 Å². The molecule has 1 aromatic rings. The Morgan fingerprint density at radius 1 is 1.38 bits per heavy atom. The van der Waals surface area contributed by atoms with Crippen LogP contribution in [-0.4, -0.2) is 12.1 Å². The van der Waals surface area contributed by atoms with E-state index in [9.17, 15) is 0 Å². The first-order valence-corrected chi connectivity index (χ1v) is 4.73. The third-order valence-corrected chi connectivity index (χ3v) is 2.42. The molecule has 1 aliphatic carbocycles. The molecule has 70 valence electrons. The van der Waals surface area contributed by atoms with Gasteiger partial charge in [-0.25, -0.2) is 0 Å². The van der Waals surface area contributed by atoms with Crippen molar-refractivity contribution in [2.24, 2.45) is 5.73 Å². The third kappa shape index (κ3) is 2.01. The van der Waals surface area contributed by atoms with Crippen LogP contribution in [0, 0.1) is 6.92 Å². The Morgan fingerprint density at radius 3 is 2.77 bits per heavy atom. The number of hydrogen-bond donors (Lipinski definition) is 1. The van der Waals surface area contributed by atoms with Gasteiger partial charge in [-0.3, -0.25) is 0 Å². The number of aryl methyl sites for hydroxylation is 1. The summed E-state index contributed by atoms with van der Waals surface area (Å²) in [4.78, 5) is 0. The van der Waals surface area contributed by atoms with E-state index in [1.807, 2.05) is 12.1 Å². The van der Waals surface area contributed by atoms with Crippen molar-refractivity contribution >= 4 is 0 Å². The smallest absolute Gasteiger partial charge is 0.119 e. The Hall–Kier alpha value is -1.02. The van der Waals surface area contributed by atoms with Crippen LogP contribution in [0.1, 0.15) is 18.4 Å². The Labute approximate surface area is 78.7 Å². The highest BCUT2D eigenvalue weighted by Crippen LogP contribution is 2.24. The van der Waals surface area contributed by atoms with Crippen LogP contribution < -0.4 is 10.5 Å². The first-order valence-electron chi connectivity index (χ1n) is 4.73. The van der Waals surface area contributed by atoms with Gasteiger partial charge in [0.05, 0.1) is 0 Å². The topological polar surface area (TPSA) is 35.2 Å². The molecule has 1 aliphatic rings. The van der Waals surface area contributed by atoms with Crippen LogP contribution in [0.4, 0.5) is 0 Å². The van der Waals surface area contributed by atoms with E-state index in [0.29, 0.717) is 12.1 Å². The quantitative estimate of drug-likeness (QED) is 0.748. The fourth-order valence-electron chi connectivity index (χ4n) is 1.58. The number of nitrogens with two attached hydrogens (primary N) is 1. The van der Waals surface area contributed by atoms with Gasteiger partial charge in [0.15, 0.2) is 0 Å². The highest BCUT2D eigenvalue weighted by Gasteiger charge is 2.27. The molecule has 0 spiro atoms. The monoisotopic (exact) mass is 177 g/mol. The summed E-state index contributed by atoms with van der Waals surface area (Å²) in [6, 6.07) is 8.50. The average molecular weight is 177 g/mol. The molecule has 0 radical (unpaired) electrons. The van der Waals surface area contributed by atoms with Crippen LogP contribution in [0.25, 0.3) is 0 Å². The van der Waals surface area contributed by atoms with Crippen molar-refractivity contribution in [3.63, 3.8) is 0 Å². The second-order valence-corrected chi connectivity index (χ2v) is 3.79.